The van der Waals surface area contributed by atoms with E-state index in [1.807, 2.05) is 0 Å². The molecule has 3 unspecified atom stereocenters. The van der Waals surface area contributed by atoms with Crippen molar-refractivity contribution in [1.29, 1.82) is 0 Å². The zero-order chi connectivity index (χ0) is 12.3. The molecule has 2 rings (SSSR count). The third kappa shape index (κ3) is 3.56. The van der Waals surface area contributed by atoms with Crippen molar-refractivity contribution in [3.05, 3.63) is 34.3 Å². The Balaban J connectivity index is 1.88. The lowest BCUT2D eigenvalue weighted by molar-refractivity contribution is 0.227. The number of hydrogen-bond acceptors (Lipinski definition) is 1. The van der Waals surface area contributed by atoms with Crippen LogP contribution in [-0.4, -0.2) is 6.04 Å². The summed E-state index contributed by atoms with van der Waals surface area (Å²) in [4.78, 5) is 0. The normalized spacial score (nSPS) is 29.2. The van der Waals surface area contributed by atoms with Gasteiger partial charge in [-0.05, 0) is 42.7 Å². The summed E-state index contributed by atoms with van der Waals surface area (Å²) >= 11 is 3.61. The Morgan fingerprint density at radius 1 is 1.24 bits per heavy atom. The molecule has 1 fully saturated rings. The zero-order valence-electron chi connectivity index (χ0n) is 10.7. The molecule has 17 heavy (non-hydrogen) atoms. The Morgan fingerprint density at radius 2 is 2.00 bits per heavy atom. The van der Waals surface area contributed by atoms with Crippen LogP contribution in [-0.2, 0) is 6.54 Å². The molecular weight excluding hydrogens is 274 g/mol. The van der Waals surface area contributed by atoms with Gasteiger partial charge in [-0.25, -0.2) is 0 Å². The maximum atomic E-state index is 3.72. The third-order valence-electron chi connectivity index (χ3n) is 3.94. The van der Waals surface area contributed by atoms with E-state index in [9.17, 15) is 0 Å². The van der Waals surface area contributed by atoms with Gasteiger partial charge < -0.3 is 5.32 Å². The number of hydrogen-bond donors (Lipinski definition) is 1. The van der Waals surface area contributed by atoms with Crippen LogP contribution in [0.15, 0.2) is 28.7 Å². The molecule has 0 radical (unpaired) electrons. The lowest BCUT2D eigenvalue weighted by Crippen LogP contribution is -2.38. The average Bonchev–Trinajstić information content (AvgIpc) is 2.30. The van der Waals surface area contributed by atoms with E-state index < -0.39 is 0 Å². The molecule has 0 saturated heterocycles. The van der Waals surface area contributed by atoms with Crippen molar-refractivity contribution in [1.82, 2.24) is 5.32 Å². The van der Waals surface area contributed by atoms with Crippen molar-refractivity contribution >= 4 is 15.9 Å². The first-order valence-corrected chi connectivity index (χ1v) is 7.43. The minimum atomic E-state index is 0.693. The molecule has 0 spiro atoms. The SMILES string of the molecule is CC1CCC(NCc2ccccc2Br)C(C)C1. The van der Waals surface area contributed by atoms with Gasteiger partial charge in [-0.3, -0.25) is 0 Å². The Hall–Kier alpha value is -0.340. The van der Waals surface area contributed by atoms with Crippen LogP contribution in [0, 0.1) is 11.8 Å². The molecule has 0 amide bonds. The number of nitrogens with one attached hydrogen (secondary N) is 1. The molecule has 2 heteroatoms. The molecule has 1 N–H and O–H groups in total. The molecule has 1 nitrogen and oxygen atoms in total. The van der Waals surface area contributed by atoms with Crippen LogP contribution in [0.3, 0.4) is 0 Å². The first-order chi connectivity index (χ1) is 8.16. The smallest absolute Gasteiger partial charge is 0.0220 e. The predicted molar refractivity (Wildman–Crippen MR) is 76.9 cm³/mol. The maximum Gasteiger partial charge on any atom is 0.0220 e. The van der Waals surface area contributed by atoms with Gasteiger partial charge in [0.25, 0.3) is 0 Å². The zero-order valence-corrected chi connectivity index (χ0v) is 12.3. The van der Waals surface area contributed by atoms with E-state index in [0.29, 0.717) is 6.04 Å². The number of rotatable bonds is 3. The summed E-state index contributed by atoms with van der Waals surface area (Å²) in [7, 11) is 0. The summed E-state index contributed by atoms with van der Waals surface area (Å²) in [5, 5.41) is 3.72. The standard InChI is InChI=1S/C15H22BrN/c1-11-7-8-15(12(2)9-11)17-10-13-5-3-4-6-14(13)16/h3-6,11-12,15,17H,7-10H2,1-2H3. The van der Waals surface area contributed by atoms with Crippen molar-refractivity contribution in [2.75, 3.05) is 0 Å². The van der Waals surface area contributed by atoms with E-state index >= 15 is 0 Å². The van der Waals surface area contributed by atoms with E-state index in [-0.39, 0.29) is 0 Å². The molecule has 94 valence electrons. The van der Waals surface area contributed by atoms with Crippen molar-refractivity contribution in [2.24, 2.45) is 11.8 Å². The van der Waals surface area contributed by atoms with Crippen LogP contribution in [0.25, 0.3) is 0 Å². The van der Waals surface area contributed by atoms with Gasteiger partial charge >= 0.3 is 0 Å². The van der Waals surface area contributed by atoms with Crippen LogP contribution in [0.1, 0.15) is 38.7 Å². The van der Waals surface area contributed by atoms with Gasteiger partial charge in [0.2, 0.25) is 0 Å². The summed E-state index contributed by atoms with van der Waals surface area (Å²) in [5.41, 5.74) is 1.36. The van der Waals surface area contributed by atoms with E-state index in [4.69, 9.17) is 0 Å². The molecular formula is C15H22BrN. The van der Waals surface area contributed by atoms with Crippen molar-refractivity contribution < 1.29 is 0 Å². The second kappa shape index (κ2) is 6.01. The summed E-state index contributed by atoms with van der Waals surface area (Å²) in [5.74, 6) is 1.72. The van der Waals surface area contributed by atoms with E-state index in [0.717, 1.165) is 18.4 Å². The average molecular weight is 296 g/mol. The van der Waals surface area contributed by atoms with Gasteiger partial charge in [0.05, 0.1) is 0 Å². The van der Waals surface area contributed by atoms with Gasteiger partial charge in [-0.2, -0.15) is 0 Å². The van der Waals surface area contributed by atoms with Crippen LogP contribution in [0.5, 0.6) is 0 Å². The minimum absolute atomic E-state index is 0.693. The second-order valence-corrected chi connectivity index (χ2v) is 6.33. The third-order valence-corrected chi connectivity index (χ3v) is 4.72. The lowest BCUT2D eigenvalue weighted by Gasteiger charge is -2.33. The highest BCUT2D eigenvalue weighted by molar-refractivity contribution is 9.10. The highest BCUT2D eigenvalue weighted by Gasteiger charge is 2.24. The summed E-state index contributed by atoms with van der Waals surface area (Å²) in [6.45, 7) is 5.73. The Bertz CT molecular complexity index is 364. The number of halogens is 1. The van der Waals surface area contributed by atoms with Crippen LogP contribution in [0.4, 0.5) is 0 Å². The van der Waals surface area contributed by atoms with Crippen molar-refractivity contribution in [2.45, 2.75) is 45.7 Å². The fourth-order valence-electron chi connectivity index (χ4n) is 2.85. The quantitative estimate of drug-likeness (QED) is 0.873. The Labute approximate surface area is 113 Å². The molecule has 3 atom stereocenters. The van der Waals surface area contributed by atoms with Crippen LogP contribution in [0.2, 0.25) is 0 Å². The fraction of sp³-hybridized carbons (Fsp3) is 0.600. The highest BCUT2D eigenvalue weighted by Crippen LogP contribution is 2.29. The molecule has 0 aromatic heterocycles. The minimum Gasteiger partial charge on any atom is -0.310 e. The van der Waals surface area contributed by atoms with Crippen molar-refractivity contribution in [3.63, 3.8) is 0 Å². The Morgan fingerprint density at radius 3 is 2.71 bits per heavy atom. The highest BCUT2D eigenvalue weighted by atomic mass is 79.9. The summed E-state index contributed by atoms with van der Waals surface area (Å²) < 4.78 is 1.21. The molecule has 1 aliphatic carbocycles. The maximum absolute atomic E-state index is 3.72. The molecule has 0 bridgehead atoms. The predicted octanol–water partition coefficient (Wildman–Crippen LogP) is 4.36. The van der Waals surface area contributed by atoms with E-state index in [2.05, 4.69) is 59.4 Å². The van der Waals surface area contributed by atoms with Crippen LogP contribution >= 0.6 is 15.9 Å². The fourth-order valence-corrected chi connectivity index (χ4v) is 3.28. The molecule has 1 aromatic carbocycles. The molecule has 0 aliphatic heterocycles. The second-order valence-electron chi connectivity index (χ2n) is 5.47. The summed E-state index contributed by atoms with van der Waals surface area (Å²) in [6, 6.07) is 9.17. The monoisotopic (exact) mass is 295 g/mol. The number of benzene rings is 1. The molecule has 1 aliphatic rings. The van der Waals surface area contributed by atoms with E-state index in [1.165, 1.54) is 29.3 Å². The van der Waals surface area contributed by atoms with Crippen LogP contribution < -0.4 is 5.32 Å². The van der Waals surface area contributed by atoms with Gasteiger partial charge in [-0.1, -0.05) is 48.0 Å². The first-order valence-electron chi connectivity index (χ1n) is 6.63. The van der Waals surface area contributed by atoms with Gasteiger partial charge in [0.1, 0.15) is 0 Å². The largest absolute Gasteiger partial charge is 0.310 e. The molecule has 0 heterocycles. The first kappa shape index (κ1) is 13.1. The lowest BCUT2D eigenvalue weighted by atomic mass is 9.80. The topological polar surface area (TPSA) is 12.0 Å². The molecule has 1 saturated carbocycles. The van der Waals surface area contributed by atoms with Gasteiger partial charge in [0, 0.05) is 17.1 Å². The Kier molecular flexibility index (Phi) is 4.63. The van der Waals surface area contributed by atoms with Gasteiger partial charge in [0.15, 0.2) is 0 Å². The van der Waals surface area contributed by atoms with Crippen molar-refractivity contribution in [3.8, 4) is 0 Å². The van der Waals surface area contributed by atoms with Gasteiger partial charge in [-0.15, -0.1) is 0 Å². The van der Waals surface area contributed by atoms with E-state index in [1.54, 1.807) is 0 Å². The molecule has 1 aromatic rings. The summed E-state index contributed by atoms with van der Waals surface area (Å²) in [6.07, 6.45) is 4.07.